The molecule has 1 heterocycles. The zero-order valence-electron chi connectivity index (χ0n) is 6.15. The van der Waals surface area contributed by atoms with Crippen LogP contribution >= 0.6 is 11.3 Å². The summed E-state index contributed by atoms with van der Waals surface area (Å²) >= 11 is 1.34. The summed E-state index contributed by atoms with van der Waals surface area (Å²) in [5.74, 6) is 0. The molecule has 0 aliphatic heterocycles. The Labute approximate surface area is 68.9 Å². The molecular weight excluding hydrogens is 162 g/mol. The van der Waals surface area contributed by atoms with Crippen LogP contribution in [-0.4, -0.2) is 23.2 Å². The van der Waals surface area contributed by atoms with E-state index in [0.29, 0.717) is 11.7 Å². The van der Waals surface area contributed by atoms with Gasteiger partial charge < -0.3 is 0 Å². The highest BCUT2D eigenvalue weighted by Crippen LogP contribution is 2.13. The first-order valence-corrected chi connectivity index (χ1v) is 4.18. The molecule has 0 saturated carbocycles. The van der Waals surface area contributed by atoms with Gasteiger partial charge in [-0.15, -0.1) is 10.2 Å². The predicted octanol–water partition coefficient (Wildman–Crippen LogP) is 0.822. The Morgan fingerprint density at radius 2 is 2.64 bits per heavy atom. The minimum atomic E-state index is 0.613. The Hall–Kier alpha value is -0.970. The van der Waals surface area contributed by atoms with E-state index in [0.717, 1.165) is 6.42 Å². The molecule has 0 aliphatic carbocycles. The number of hydrogen-bond acceptors (Lipinski definition) is 4. The summed E-state index contributed by atoms with van der Waals surface area (Å²) in [5.41, 5.74) is 1.59. The summed E-state index contributed by atoms with van der Waals surface area (Å²) < 4.78 is 0. The Kier molecular flexibility index (Phi) is 2.97. The molecule has 0 unspecified atom stereocenters. The monoisotopic (exact) mass is 170 g/mol. The highest BCUT2D eigenvalue weighted by molar-refractivity contribution is 7.13. The van der Waals surface area contributed by atoms with Gasteiger partial charge in [0.05, 0.1) is 0 Å². The number of amides is 1. The van der Waals surface area contributed by atoms with E-state index in [4.69, 9.17) is 0 Å². The number of rotatable bonds is 4. The van der Waals surface area contributed by atoms with Gasteiger partial charge in [-0.05, 0) is 6.42 Å². The smallest absolute Gasteiger partial charge is 0.278 e. The zero-order chi connectivity index (χ0) is 8.10. The molecule has 0 fully saturated rings. The lowest BCUT2D eigenvalue weighted by molar-refractivity contribution is 0.550. The van der Waals surface area contributed by atoms with Crippen molar-refractivity contribution in [3.8, 4) is 0 Å². The van der Waals surface area contributed by atoms with Crippen molar-refractivity contribution in [1.29, 1.82) is 0 Å². The van der Waals surface area contributed by atoms with E-state index >= 15 is 0 Å². The van der Waals surface area contributed by atoms with E-state index in [2.05, 4.69) is 10.2 Å². The van der Waals surface area contributed by atoms with Crippen LogP contribution in [0.1, 0.15) is 13.3 Å². The maximum absolute atomic E-state index is 10.3. The van der Waals surface area contributed by atoms with Gasteiger partial charge in [0.1, 0.15) is 5.51 Å². The van der Waals surface area contributed by atoms with E-state index in [1.165, 1.54) is 16.2 Å². The Balaban J connectivity index is 2.63. The summed E-state index contributed by atoms with van der Waals surface area (Å²) in [5, 5.41) is 7.97. The van der Waals surface area contributed by atoms with Gasteiger partial charge in [-0.3, -0.25) is 9.69 Å². The summed E-state index contributed by atoms with van der Waals surface area (Å²) in [6, 6.07) is 0. The molecule has 0 N–H and O–H groups in total. The van der Waals surface area contributed by atoms with Gasteiger partial charge in [0.2, 0.25) is 5.13 Å². The average molecular weight is 170 g/mol. The van der Waals surface area contributed by atoms with E-state index < -0.39 is 0 Å². The molecule has 1 rings (SSSR count). The van der Waals surface area contributed by atoms with E-state index in [1.54, 1.807) is 11.9 Å². The third kappa shape index (κ3) is 1.98. The first kappa shape index (κ1) is 8.13. The molecule has 0 atom stereocenters. The minimum absolute atomic E-state index is 0.613. The fourth-order valence-corrected chi connectivity index (χ4v) is 1.23. The molecule has 5 heteroatoms. The number of hydrogen-bond donors (Lipinski definition) is 0. The van der Waals surface area contributed by atoms with Crippen LogP contribution in [0.3, 0.4) is 0 Å². The van der Waals surface area contributed by atoms with Crippen molar-refractivity contribution in [3.63, 3.8) is 0 Å². The van der Waals surface area contributed by atoms with Crippen LogP contribution in [0.15, 0.2) is 5.51 Å². The standard InChI is InChI=1S/C6H8N3OS/c1-2-3-9(5-10)6-8-7-4-11-6/h4H,2-3H2,1H3. The lowest BCUT2D eigenvalue weighted by Crippen LogP contribution is -2.21. The Morgan fingerprint density at radius 3 is 3.09 bits per heavy atom. The predicted molar refractivity (Wildman–Crippen MR) is 43.2 cm³/mol. The second-order valence-corrected chi connectivity index (χ2v) is 2.78. The number of aromatic nitrogens is 2. The highest BCUT2D eigenvalue weighted by atomic mass is 32.1. The second kappa shape index (κ2) is 4.02. The van der Waals surface area contributed by atoms with Gasteiger partial charge in [-0.2, -0.15) is 0 Å². The van der Waals surface area contributed by atoms with Crippen LogP contribution in [-0.2, 0) is 4.79 Å². The first-order valence-electron chi connectivity index (χ1n) is 3.30. The average Bonchev–Trinajstić information content (AvgIpc) is 2.52. The third-order valence-corrected chi connectivity index (χ3v) is 1.85. The largest absolute Gasteiger partial charge is 0.318 e. The molecule has 1 aromatic heterocycles. The van der Waals surface area contributed by atoms with Crippen molar-refractivity contribution >= 4 is 22.9 Å². The normalized spacial score (nSPS) is 9.55. The van der Waals surface area contributed by atoms with Gasteiger partial charge in [0, 0.05) is 6.54 Å². The minimum Gasteiger partial charge on any atom is -0.278 e. The topological polar surface area (TPSA) is 46.1 Å². The molecule has 1 radical (unpaired) electrons. The highest BCUT2D eigenvalue weighted by Gasteiger charge is 2.06. The van der Waals surface area contributed by atoms with Gasteiger partial charge >= 0.3 is 6.41 Å². The molecule has 11 heavy (non-hydrogen) atoms. The van der Waals surface area contributed by atoms with Gasteiger partial charge in [0.15, 0.2) is 0 Å². The van der Waals surface area contributed by atoms with E-state index in [-0.39, 0.29) is 0 Å². The van der Waals surface area contributed by atoms with Crippen LogP contribution in [0, 0.1) is 0 Å². The molecule has 4 nitrogen and oxygen atoms in total. The lowest BCUT2D eigenvalue weighted by Gasteiger charge is -2.08. The fourth-order valence-electron chi connectivity index (χ4n) is 0.689. The van der Waals surface area contributed by atoms with Crippen LogP contribution in [0.5, 0.6) is 0 Å². The van der Waals surface area contributed by atoms with Crippen LogP contribution in [0.4, 0.5) is 5.13 Å². The summed E-state index contributed by atoms with van der Waals surface area (Å²) in [7, 11) is 0. The molecule has 0 saturated heterocycles. The first-order chi connectivity index (χ1) is 5.38. The number of carbonyl (C=O) groups excluding carboxylic acids is 1. The second-order valence-electron chi connectivity index (χ2n) is 1.96. The van der Waals surface area contributed by atoms with Gasteiger partial charge in [-0.25, -0.2) is 0 Å². The van der Waals surface area contributed by atoms with Crippen LogP contribution in [0.2, 0.25) is 0 Å². The molecular formula is C6H8N3OS. The SMILES string of the molecule is CCCN([C]=O)c1nncs1. The van der Waals surface area contributed by atoms with Crippen molar-refractivity contribution in [1.82, 2.24) is 10.2 Å². The van der Waals surface area contributed by atoms with Crippen molar-refractivity contribution in [2.45, 2.75) is 13.3 Å². The van der Waals surface area contributed by atoms with Crippen LogP contribution in [0.25, 0.3) is 0 Å². The van der Waals surface area contributed by atoms with Crippen molar-refractivity contribution in [2.24, 2.45) is 0 Å². The van der Waals surface area contributed by atoms with Crippen molar-refractivity contribution < 1.29 is 4.79 Å². The van der Waals surface area contributed by atoms with Crippen molar-refractivity contribution in [2.75, 3.05) is 11.4 Å². The Morgan fingerprint density at radius 1 is 1.82 bits per heavy atom. The van der Waals surface area contributed by atoms with E-state index in [9.17, 15) is 4.79 Å². The third-order valence-electron chi connectivity index (χ3n) is 1.14. The van der Waals surface area contributed by atoms with E-state index in [1.807, 2.05) is 6.92 Å². The Bertz CT molecular complexity index is 212. The molecule has 59 valence electrons. The number of nitrogens with zero attached hydrogens (tertiary/aromatic N) is 3. The zero-order valence-corrected chi connectivity index (χ0v) is 6.97. The summed E-state index contributed by atoms with van der Waals surface area (Å²) in [6.45, 7) is 2.64. The summed E-state index contributed by atoms with van der Waals surface area (Å²) in [4.78, 5) is 11.8. The van der Waals surface area contributed by atoms with Gasteiger partial charge in [0.25, 0.3) is 0 Å². The molecule has 0 bridgehead atoms. The molecule has 0 aliphatic rings. The molecule has 0 aromatic carbocycles. The van der Waals surface area contributed by atoms with Crippen molar-refractivity contribution in [3.05, 3.63) is 5.51 Å². The maximum Gasteiger partial charge on any atom is 0.318 e. The fraction of sp³-hybridized carbons (Fsp3) is 0.500. The van der Waals surface area contributed by atoms with Gasteiger partial charge in [-0.1, -0.05) is 18.3 Å². The quantitative estimate of drug-likeness (QED) is 0.628. The maximum atomic E-state index is 10.3. The molecule has 0 spiro atoms. The van der Waals surface area contributed by atoms with Crippen LogP contribution < -0.4 is 4.90 Å². The summed E-state index contributed by atoms with van der Waals surface area (Å²) in [6.07, 6.45) is 2.69. The molecule has 1 aromatic rings. The number of anilines is 1. The molecule has 1 amide bonds. The lowest BCUT2D eigenvalue weighted by atomic mass is 10.5.